The minimum atomic E-state index is -1.85. The maximum atomic E-state index is 14.6. The lowest BCUT2D eigenvalue weighted by atomic mass is 9.80. The molecule has 57 heavy (non-hydrogen) atoms. The van der Waals surface area contributed by atoms with Gasteiger partial charge in [0.25, 0.3) is 18.2 Å². The number of nitrogens with one attached hydrogen (secondary N) is 1. The average molecular weight is 787 g/mol. The van der Waals surface area contributed by atoms with E-state index in [2.05, 4.69) is 24.1 Å². The Morgan fingerprint density at radius 2 is 1.72 bits per heavy atom. The van der Waals surface area contributed by atoms with Gasteiger partial charge in [0.15, 0.2) is 11.4 Å². The van der Waals surface area contributed by atoms with Gasteiger partial charge in [0, 0.05) is 61.8 Å². The molecule has 1 spiro atoms. The Hall–Kier alpha value is -4.75. The highest BCUT2D eigenvalue weighted by Crippen LogP contribution is 2.50. The molecule has 2 aromatic rings. The fourth-order valence-electron chi connectivity index (χ4n) is 8.90. The molecular weight excluding hydrogens is 729 g/mol. The molecule has 4 N–H and O–H groups in total. The number of hydrogen-bond acceptors (Lipinski definition) is 12. The second-order valence-electron chi connectivity index (χ2n) is 17.3. The van der Waals surface area contributed by atoms with Gasteiger partial charge in [-0.1, -0.05) is 59.8 Å². The Morgan fingerprint density at radius 3 is 2.39 bits per heavy atom. The number of amides is 1. The minimum Gasteiger partial charge on any atom is -0.507 e. The first-order valence-corrected chi connectivity index (χ1v) is 20.2. The summed E-state index contributed by atoms with van der Waals surface area (Å²) in [6, 6.07) is 0. The summed E-state index contributed by atoms with van der Waals surface area (Å²) >= 11 is 0. The van der Waals surface area contributed by atoms with E-state index in [4.69, 9.17) is 24.2 Å². The fourth-order valence-corrected chi connectivity index (χ4v) is 8.90. The molecule has 0 radical (unpaired) electrons. The van der Waals surface area contributed by atoms with E-state index in [1.54, 1.807) is 32.1 Å². The summed E-state index contributed by atoms with van der Waals surface area (Å²) in [6.07, 6.45) is 9.31. The van der Waals surface area contributed by atoms with Gasteiger partial charge < -0.3 is 39.7 Å². The molecule has 13 nitrogen and oxygen atoms in total. The molecule has 7 atom stereocenters. The third-order valence-electron chi connectivity index (χ3n) is 12.1. The van der Waals surface area contributed by atoms with Crippen molar-refractivity contribution in [2.45, 2.75) is 112 Å². The van der Waals surface area contributed by atoms with Crippen LogP contribution < -0.4 is 20.8 Å². The summed E-state index contributed by atoms with van der Waals surface area (Å²) in [5, 5.41) is 38.7. The lowest BCUT2D eigenvalue weighted by molar-refractivity contribution is -0.143. The number of aromatic hydroxyl groups is 2. The molecule has 3 unspecified atom stereocenters. The highest BCUT2D eigenvalue weighted by Gasteiger charge is 2.50. The first-order valence-electron chi connectivity index (χ1n) is 20.2. The molecule has 5 aliphatic heterocycles. The Morgan fingerprint density at radius 1 is 1.04 bits per heavy atom. The van der Waals surface area contributed by atoms with Crippen molar-refractivity contribution in [3.8, 4) is 17.2 Å². The summed E-state index contributed by atoms with van der Waals surface area (Å²) in [4.78, 5) is 52.7. The van der Waals surface area contributed by atoms with Crippen LogP contribution in [0.2, 0.25) is 0 Å². The van der Waals surface area contributed by atoms with E-state index in [-0.39, 0.29) is 73.5 Å². The summed E-state index contributed by atoms with van der Waals surface area (Å²) in [6.45, 7) is 19.6. The molecule has 13 heteroatoms. The maximum Gasteiger partial charge on any atom is 0.312 e. The minimum absolute atomic E-state index is 0.00170. The molecule has 5 heterocycles. The quantitative estimate of drug-likeness (QED) is 0.220. The lowest BCUT2D eigenvalue weighted by Crippen LogP contribution is -2.43. The van der Waals surface area contributed by atoms with Crippen LogP contribution in [0.5, 0.6) is 17.2 Å². The number of anilines is 1. The second-order valence-corrected chi connectivity index (χ2v) is 17.3. The third kappa shape index (κ3) is 7.92. The van der Waals surface area contributed by atoms with Crippen LogP contribution in [-0.4, -0.2) is 81.7 Å². The maximum absolute atomic E-state index is 14.6. The number of fused-ring (bicyclic) bond motifs is 13. The molecule has 5 aliphatic rings. The average Bonchev–Trinajstić information content (AvgIpc) is 3.66. The number of nitrogens with zero attached hydrogens (tertiary/aromatic N) is 3. The molecule has 0 saturated carbocycles. The van der Waals surface area contributed by atoms with Crippen LogP contribution in [0.15, 0.2) is 46.1 Å². The van der Waals surface area contributed by atoms with Crippen molar-refractivity contribution in [2.75, 3.05) is 25.0 Å². The monoisotopic (exact) mass is 786 g/mol. The summed E-state index contributed by atoms with van der Waals surface area (Å²) in [7, 11) is 0. The van der Waals surface area contributed by atoms with Gasteiger partial charge >= 0.3 is 5.79 Å². The summed E-state index contributed by atoms with van der Waals surface area (Å²) in [5.74, 6) is -3.81. The highest BCUT2D eigenvalue weighted by atomic mass is 16.7. The van der Waals surface area contributed by atoms with Crippen molar-refractivity contribution in [1.29, 1.82) is 0 Å². The van der Waals surface area contributed by atoms with Crippen molar-refractivity contribution in [3.63, 3.8) is 0 Å². The Bertz CT molecular complexity index is 2150. The summed E-state index contributed by atoms with van der Waals surface area (Å²) < 4.78 is 17.8. The molecule has 0 aromatic heterocycles. The van der Waals surface area contributed by atoms with Crippen LogP contribution in [0.3, 0.4) is 0 Å². The number of benzene rings is 2. The van der Waals surface area contributed by atoms with E-state index < -0.39 is 41.1 Å². The largest absolute Gasteiger partial charge is 0.507 e. The van der Waals surface area contributed by atoms with Gasteiger partial charge in [-0.3, -0.25) is 24.4 Å². The zero-order valence-corrected chi connectivity index (χ0v) is 34.6. The number of Topliss-reactive ketones (excluding diaryl/α,β-unsaturated/α-hetero) is 1. The molecule has 1 saturated heterocycles. The zero-order chi connectivity index (χ0) is 41.6. The van der Waals surface area contributed by atoms with E-state index in [0.717, 1.165) is 19.6 Å². The number of allylic oxidation sites excluding steroid dienone is 4. The SMILES string of the molecule is C/C1=C/C=C/C(C)C[C@@H](C)C(O)[C@@H](C)C(OC=O)[C@H](C)C/C=C/O[C@@]2(C)Oc3c(C)c(O)c4c(O)c(c5c(c4c3C2=O)=NC2(CCN(CC(C)C)CC2)N=5)NC1=O. The number of aliphatic hydroxyl groups excluding tert-OH is 1. The molecule has 1 amide bonds. The van der Waals surface area contributed by atoms with Crippen molar-refractivity contribution >= 4 is 34.6 Å². The van der Waals surface area contributed by atoms with Crippen molar-refractivity contribution in [2.24, 2.45) is 39.6 Å². The number of phenolic OH excluding ortho intramolecular Hbond substituents is 2. The Labute approximate surface area is 334 Å². The molecule has 7 rings (SSSR count). The number of ketones is 1. The second kappa shape index (κ2) is 16.2. The van der Waals surface area contributed by atoms with Crippen LogP contribution in [0, 0.1) is 36.5 Å². The van der Waals surface area contributed by atoms with Gasteiger partial charge in [0.05, 0.1) is 28.7 Å². The van der Waals surface area contributed by atoms with Crippen molar-refractivity contribution < 1.29 is 43.9 Å². The number of likely N-dealkylation sites (tertiary alicyclic amines) is 1. The molecule has 1 fully saturated rings. The number of hydrogen-bond donors (Lipinski definition) is 4. The van der Waals surface area contributed by atoms with Gasteiger partial charge in [0.2, 0.25) is 0 Å². The topological polar surface area (TPSA) is 180 Å². The number of piperidine rings is 1. The number of ether oxygens (including phenoxy) is 3. The van der Waals surface area contributed by atoms with Gasteiger partial charge in [-0.15, -0.1) is 0 Å². The fraction of sp³-hybridized carbons (Fsp3) is 0.568. The normalized spacial score (nSPS) is 31.5. The van der Waals surface area contributed by atoms with Crippen LogP contribution in [0.1, 0.15) is 97.0 Å². The standard InChI is InChI=1S/C44H58N4O9/c1-23(2)21-48-17-15-44(16-18-48)46-33-30-31-37(51)29(8)40-32(30)41(53)43(9,57-40)56-19-11-14-25(4)39(55-22-49)28(7)36(50)27(6)20-24(3)12-10-13-26(5)42(54)45-35(38(31)52)34(33)47-44/h10-13,19,22-25,27-28,36,39,50-52H,14-18,20-21H2,1-9H3,(H,45,54)/b12-10+,19-11+,26-13-/t24?,25-,27-,28-,36?,39?,43+/m1/s1. The first-order chi connectivity index (χ1) is 26.9. The molecule has 2 aromatic carbocycles. The predicted molar refractivity (Wildman–Crippen MR) is 216 cm³/mol. The van der Waals surface area contributed by atoms with Crippen LogP contribution in [-0.2, 0) is 19.1 Å². The van der Waals surface area contributed by atoms with Crippen LogP contribution in [0.25, 0.3) is 10.8 Å². The van der Waals surface area contributed by atoms with Crippen LogP contribution in [0.4, 0.5) is 5.69 Å². The van der Waals surface area contributed by atoms with Crippen molar-refractivity contribution in [3.05, 3.63) is 58.0 Å². The van der Waals surface area contributed by atoms with Crippen molar-refractivity contribution in [1.82, 2.24) is 4.90 Å². The van der Waals surface area contributed by atoms with E-state index in [0.29, 0.717) is 43.6 Å². The van der Waals surface area contributed by atoms with Gasteiger partial charge in [-0.05, 0) is 56.4 Å². The van der Waals surface area contributed by atoms with E-state index in [1.807, 2.05) is 33.8 Å². The lowest BCUT2D eigenvalue weighted by Gasteiger charge is -2.36. The number of rotatable bonds is 4. The molecule has 0 aliphatic carbocycles. The summed E-state index contributed by atoms with van der Waals surface area (Å²) in [5.41, 5.74) is -0.282. The van der Waals surface area contributed by atoms with E-state index >= 15 is 0 Å². The smallest absolute Gasteiger partial charge is 0.312 e. The zero-order valence-electron chi connectivity index (χ0n) is 34.6. The van der Waals surface area contributed by atoms with Gasteiger partial charge in [-0.2, -0.15) is 0 Å². The Balaban J connectivity index is 1.51. The highest BCUT2D eigenvalue weighted by molar-refractivity contribution is 6.19. The van der Waals surface area contributed by atoms with E-state index in [9.17, 15) is 29.7 Å². The first kappa shape index (κ1) is 41.9. The number of carbonyl (C=O) groups is 3. The predicted octanol–water partition coefficient (Wildman–Crippen LogP) is 5.76. The van der Waals surface area contributed by atoms with E-state index in [1.165, 1.54) is 13.2 Å². The molecule has 5 bridgehead atoms. The molecular formula is C44H58N4O9. The number of aliphatic hydroxyl groups is 1. The van der Waals surface area contributed by atoms with Gasteiger partial charge in [0.1, 0.15) is 28.6 Å². The number of carbonyl (C=O) groups excluding carboxylic acids is 3. The van der Waals surface area contributed by atoms with Gasteiger partial charge in [-0.25, -0.2) is 0 Å². The third-order valence-corrected chi connectivity index (χ3v) is 12.1. The number of phenols is 2. The Kier molecular flexibility index (Phi) is 11.9. The van der Waals surface area contributed by atoms with Crippen LogP contribution >= 0.6 is 0 Å². The molecule has 308 valence electrons.